The molecular weight excluding hydrogens is 388 g/mol. The fourth-order valence-electron chi connectivity index (χ4n) is 4.00. The molecule has 6 nitrogen and oxygen atoms in total. The van der Waals surface area contributed by atoms with Crippen LogP contribution in [0.25, 0.3) is 10.8 Å². The number of carbonyl (C=O) groups is 1. The van der Waals surface area contributed by atoms with E-state index in [2.05, 4.69) is 58.6 Å². The molecule has 6 heteroatoms. The Hall–Kier alpha value is -2.86. The number of amides is 1. The van der Waals surface area contributed by atoms with Crippen molar-refractivity contribution in [3.05, 3.63) is 59.9 Å². The van der Waals surface area contributed by atoms with Gasteiger partial charge in [0.2, 0.25) is 0 Å². The summed E-state index contributed by atoms with van der Waals surface area (Å²) in [5.74, 6) is -0.131. The standard InChI is InChI=1S/C25H32N4O2/c1-5-12-28-15-21(17-31-25(2,3)4)26-24(30)23-22(28)16-29(27-23)14-18-10-11-19-8-6-7-9-20(19)13-18/h6-11,13,16,21H,5,12,14-15,17H2,1-4H3,(H,26,30)/t21-/m0/s1. The van der Waals surface area contributed by atoms with Gasteiger partial charge in [-0.25, -0.2) is 0 Å². The Labute approximate surface area is 184 Å². The van der Waals surface area contributed by atoms with Gasteiger partial charge in [-0.15, -0.1) is 0 Å². The highest BCUT2D eigenvalue weighted by Gasteiger charge is 2.30. The predicted molar refractivity (Wildman–Crippen MR) is 125 cm³/mol. The first-order valence-electron chi connectivity index (χ1n) is 11.1. The van der Waals surface area contributed by atoms with Gasteiger partial charge in [-0.05, 0) is 49.6 Å². The lowest BCUT2D eigenvalue weighted by atomic mass is 10.1. The molecule has 31 heavy (non-hydrogen) atoms. The molecule has 1 N–H and O–H groups in total. The molecule has 0 saturated heterocycles. The second-order valence-electron chi connectivity index (χ2n) is 9.28. The SMILES string of the molecule is CCCN1C[C@@H](COC(C)(C)C)NC(=O)c2nn(Cc3ccc4ccccc4c3)cc21. The number of ether oxygens (including phenoxy) is 1. The molecule has 0 aliphatic carbocycles. The van der Waals surface area contributed by atoms with E-state index in [1.165, 1.54) is 10.8 Å². The number of anilines is 1. The molecule has 0 saturated carbocycles. The Morgan fingerprint density at radius 3 is 2.68 bits per heavy atom. The smallest absolute Gasteiger partial charge is 0.274 e. The Kier molecular flexibility index (Phi) is 6.01. The van der Waals surface area contributed by atoms with E-state index in [0.717, 1.165) is 24.2 Å². The van der Waals surface area contributed by atoms with Gasteiger partial charge in [0, 0.05) is 19.3 Å². The summed E-state index contributed by atoms with van der Waals surface area (Å²) in [6, 6.07) is 14.7. The van der Waals surface area contributed by atoms with Crippen molar-refractivity contribution in [3.63, 3.8) is 0 Å². The Morgan fingerprint density at radius 1 is 1.16 bits per heavy atom. The monoisotopic (exact) mass is 420 g/mol. The molecule has 0 bridgehead atoms. The van der Waals surface area contributed by atoms with Gasteiger partial charge >= 0.3 is 0 Å². The van der Waals surface area contributed by atoms with Crippen LogP contribution in [0.15, 0.2) is 48.7 Å². The van der Waals surface area contributed by atoms with Crippen LogP contribution in [0, 0.1) is 0 Å². The lowest BCUT2D eigenvalue weighted by molar-refractivity contribution is -0.0129. The lowest BCUT2D eigenvalue weighted by Crippen LogP contribution is -2.45. The molecule has 1 amide bonds. The third-order valence-corrected chi connectivity index (χ3v) is 5.44. The van der Waals surface area contributed by atoms with Gasteiger partial charge in [0.25, 0.3) is 5.91 Å². The van der Waals surface area contributed by atoms with Crippen molar-refractivity contribution in [2.24, 2.45) is 0 Å². The summed E-state index contributed by atoms with van der Waals surface area (Å²) in [5, 5.41) is 10.2. The molecule has 2 heterocycles. The fourth-order valence-corrected chi connectivity index (χ4v) is 4.00. The van der Waals surface area contributed by atoms with E-state index in [1.807, 2.05) is 37.7 Å². The van der Waals surface area contributed by atoms with Crippen molar-refractivity contribution >= 4 is 22.4 Å². The molecular formula is C25H32N4O2. The molecule has 164 valence electrons. The molecule has 0 radical (unpaired) electrons. The van der Waals surface area contributed by atoms with E-state index in [4.69, 9.17) is 4.74 Å². The maximum Gasteiger partial charge on any atom is 0.274 e. The van der Waals surface area contributed by atoms with Crippen molar-refractivity contribution in [2.45, 2.75) is 52.3 Å². The first kappa shape index (κ1) is 21.4. The normalized spacial score (nSPS) is 16.8. The van der Waals surface area contributed by atoms with Crippen LogP contribution in [0.4, 0.5) is 5.69 Å². The summed E-state index contributed by atoms with van der Waals surface area (Å²) in [4.78, 5) is 15.2. The Balaban J connectivity index is 1.56. The van der Waals surface area contributed by atoms with Gasteiger partial charge in [0.15, 0.2) is 5.69 Å². The number of nitrogens with one attached hydrogen (secondary N) is 1. The van der Waals surface area contributed by atoms with Gasteiger partial charge in [-0.1, -0.05) is 43.3 Å². The fraction of sp³-hybridized carbons (Fsp3) is 0.440. The zero-order valence-electron chi connectivity index (χ0n) is 18.9. The van der Waals surface area contributed by atoms with Crippen molar-refractivity contribution in [1.29, 1.82) is 0 Å². The van der Waals surface area contributed by atoms with Crippen molar-refractivity contribution in [1.82, 2.24) is 15.1 Å². The van der Waals surface area contributed by atoms with Crippen LogP contribution in [-0.4, -0.2) is 47.0 Å². The molecule has 1 aliphatic heterocycles. The summed E-state index contributed by atoms with van der Waals surface area (Å²) in [6.07, 6.45) is 3.00. The Morgan fingerprint density at radius 2 is 1.94 bits per heavy atom. The lowest BCUT2D eigenvalue weighted by Gasteiger charge is -2.28. The first-order valence-corrected chi connectivity index (χ1v) is 11.1. The quantitative estimate of drug-likeness (QED) is 0.648. The average Bonchev–Trinajstić information content (AvgIpc) is 3.10. The van der Waals surface area contributed by atoms with Crippen LogP contribution < -0.4 is 10.2 Å². The summed E-state index contributed by atoms with van der Waals surface area (Å²) in [5.41, 5.74) is 2.32. The third kappa shape index (κ3) is 5.07. The number of nitrogens with zero attached hydrogens (tertiary/aromatic N) is 3. The van der Waals surface area contributed by atoms with Gasteiger partial charge in [-0.3, -0.25) is 9.48 Å². The highest BCUT2D eigenvalue weighted by molar-refractivity contribution is 5.98. The minimum absolute atomic E-state index is 0.0681. The van der Waals surface area contributed by atoms with Gasteiger partial charge in [0.1, 0.15) is 0 Å². The first-order chi connectivity index (χ1) is 14.8. The van der Waals surface area contributed by atoms with Crippen molar-refractivity contribution in [3.8, 4) is 0 Å². The molecule has 0 fully saturated rings. The highest BCUT2D eigenvalue weighted by Crippen LogP contribution is 2.25. The number of benzene rings is 2. The summed E-state index contributed by atoms with van der Waals surface area (Å²) in [6.45, 7) is 10.9. The van der Waals surface area contributed by atoms with Crippen LogP contribution in [0.5, 0.6) is 0 Å². The zero-order valence-corrected chi connectivity index (χ0v) is 18.9. The van der Waals surface area contributed by atoms with E-state index < -0.39 is 0 Å². The van der Waals surface area contributed by atoms with Gasteiger partial charge in [0.05, 0.1) is 30.5 Å². The van der Waals surface area contributed by atoms with Crippen LogP contribution in [0.2, 0.25) is 0 Å². The number of hydrogen-bond donors (Lipinski definition) is 1. The summed E-state index contributed by atoms with van der Waals surface area (Å²) >= 11 is 0. The topological polar surface area (TPSA) is 59.4 Å². The van der Waals surface area contributed by atoms with Crippen LogP contribution in [0.3, 0.4) is 0 Å². The van der Waals surface area contributed by atoms with Crippen LogP contribution in [-0.2, 0) is 11.3 Å². The zero-order chi connectivity index (χ0) is 22.0. The molecule has 0 spiro atoms. The minimum Gasteiger partial charge on any atom is -0.374 e. The highest BCUT2D eigenvalue weighted by atomic mass is 16.5. The van der Waals surface area contributed by atoms with E-state index in [0.29, 0.717) is 25.4 Å². The molecule has 4 rings (SSSR count). The molecule has 1 aliphatic rings. The van der Waals surface area contributed by atoms with Gasteiger partial charge < -0.3 is 15.0 Å². The van der Waals surface area contributed by atoms with Gasteiger partial charge in [-0.2, -0.15) is 5.10 Å². The van der Waals surface area contributed by atoms with E-state index in [-0.39, 0.29) is 17.6 Å². The van der Waals surface area contributed by atoms with Crippen molar-refractivity contribution in [2.75, 3.05) is 24.6 Å². The number of carbonyl (C=O) groups excluding carboxylic acids is 1. The van der Waals surface area contributed by atoms with E-state index in [9.17, 15) is 4.79 Å². The molecule has 0 unspecified atom stereocenters. The summed E-state index contributed by atoms with van der Waals surface area (Å²) in [7, 11) is 0. The number of hydrogen-bond acceptors (Lipinski definition) is 4. The van der Waals surface area contributed by atoms with Crippen molar-refractivity contribution < 1.29 is 9.53 Å². The average molecular weight is 421 g/mol. The predicted octanol–water partition coefficient (Wildman–Crippen LogP) is 4.23. The Bertz CT molecular complexity index is 1070. The molecule has 3 aromatic rings. The number of rotatable bonds is 6. The summed E-state index contributed by atoms with van der Waals surface area (Å²) < 4.78 is 7.82. The third-order valence-electron chi connectivity index (χ3n) is 5.44. The number of fused-ring (bicyclic) bond motifs is 2. The minimum atomic E-state index is -0.240. The molecule has 1 aromatic heterocycles. The van der Waals surface area contributed by atoms with E-state index in [1.54, 1.807) is 0 Å². The number of aromatic nitrogens is 2. The molecule has 1 atom stereocenters. The van der Waals surface area contributed by atoms with Crippen LogP contribution in [0.1, 0.15) is 50.2 Å². The second kappa shape index (κ2) is 8.71. The maximum atomic E-state index is 13.0. The van der Waals surface area contributed by atoms with Crippen LogP contribution >= 0.6 is 0 Å². The maximum absolute atomic E-state index is 13.0. The second-order valence-corrected chi connectivity index (χ2v) is 9.28. The largest absolute Gasteiger partial charge is 0.374 e. The molecule has 2 aromatic carbocycles. The van der Waals surface area contributed by atoms with E-state index >= 15 is 0 Å².